The number of esters is 1. The van der Waals surface area contributed by atoms with E-state index >= 15 is 0 Å². The van der Waals surface area contributed by atoms with Gasteiger partial charge in [0.25, 0.3) is 0 Å². The molecule has 0 saturated carbocycles. The predicted molar refractivity (Wildman–Crippen MR) is 143 cm³/mol. The SMILES string of the molecule is CCOC(=O)c1nc(OC[C@@H]2CCCN2C)nc(N2CCN(C(=O)OCc3ccccc3)[C@@H](CC#N)C2)c1N. The Labute approximate surface area is 228 Å². The van der Waals surface area contributed by atoms with Crippen molar-refractivity contribution in [3.8, 4) is 12.1 Å². The lowest BCUT2D eigenvalue weighted by Crippen LogP contribution is -2.55. The van der Waals surface area contributed by atoms with Crippen LogP contribution in [0.4, 0.5) is 16.3 Å². The summed E-state index contributed by atoms with van der Waals surface area (Å²) in [6.45, 7) is 4.27. The maximum Gasteiger partial charge on any atom is 0.410 e. The molecular weight excluding hydrogens is 502 g/mol. The van der Waals surface area contributed by atoms with Crippen LogP contribution >= 0.6 is 0 Å². The average molecular weight is 538 g/mol. The summed E-state index contributed by atoms with van der Waals surface area (Å²) in [5.74, 6) is -0.360. The summed E-state index contributed by atoms with van der Waals surface area (Å²) in [6, 6.07) is 11.3. The number of likely N-dealkylation sites (tertiary alicyclic amines) is 1. The van der Waals surface area contributed by atoms with Crippen LogP contribution in [0.1, 0.15) is 42.2 Å². The van der Waals surface area contributed by atoms with E-state index in [1.54, 1.807) is 11.8 Å². The standard InChI is InChI=1S/C27H35N7O5/c1-3-37-25(35)23-22(29)24(31-26(30-23)38-18-21-10-7-13-32(21)2)33-14-15-34(20(16-33)11-12-28)27(36)39-17-19-8-5-4-6-9-19/h4-6,8-9,20-21H,3,7,10-11,13-18,29H2,1-2H3/t20-,21-/m0/s1. The summed E-state index contributed by atoms with van der Waals surface area (Å²) in [4.78, 5) is 40.0. The largest absolute Gasteiger partial charge is 0.462 e. The molecule has 2 saturated heterocycles. The molecule has 0 spiro atoms. The fraction of sp³-hybridized carbons (Fsp3) is 0.519. The van der Waals surface area contributed by atoms with Gasteiger partial charge in [0.2, 0.25) is 0 Å². The third-order valence-electron chi connectivity index (χ3n) is 7.00. The average Bonchev–Trinajstić information content (AvgIpc) is 3.36. The first-order valence-electron chi connectivity index (χ1n) is 13.2. The number of aromatic nitrogens is 2. The molecule has 12 heteroatoms. The quantitative estimate of drug-likeness (QED) is 0.470. The van der Waals surface area contributed by atoms with Gasteiger partial charge in [-0.2, -0.15) is 15.2 Å². The number of nitriles is 1. The van der Waals surface area contributed by atoms with Gasteiger partial charge in [-0.15, -0.1) is 0 Å². The van der Waals surface area contributed by atoms with Gasteiger partial charge in [-0.1, -0.05) is 30.3 Å². The zero-order valence-electron chi connectivity index (χ0n) is 22.4. The number of amides is 1. The second-order valence-electron chi connectivity index (χ2n) is 9.60. The molecule has 39 heavy (non-hydrogen) atoms. The van der Waals surface area contributed by atoms with Crippen LogP contribution in [-0.2, 0) is 16.1 Å². The molecule has 2 aliphatic rings. The van der Waals surface area contributed by atoms with Crippen molar-refractivity contribution in [2.45, 2.75) is 44.9 Å². The van der Waals surface area contributed by atoms with E-state index < -0.39 is 18.1 Å². The molecule has 0 aliphatic carbocycles. The minimum Gasteiger partial charge on any atom is -0.462 e. The third-order valence-corrected chi connectivity index (χ3v) is 7.00. The highest BCUT2D eigenvalue weighted by Crippen LogP contribution is 2.30. The Morgan fingerprint density at radius 2 is 1.92 bits per heavy atom. The highest BCUT2D eigenvalue weighted by atomic mass is 16.6. The van der Waals surface area contributed by atoms with E-state index in [-0.39, 0.29) is 56.2 Å². The molecule has 0 radical (unpaired) electrons. The number of anilines is 2. The highest BCUT2D eigenvalue weighted by molar-refractivity contribution is 5.95. The third kappa shape index (κ3) is 6.86. The van der Waals surface area contributed by atoms with Crippen LogP contribution in [0.15, 0.2) is 30.3 Å². The van der Waals surface area contributed by atoms with Crippen molar-refractivity contribution in [2.75, 3.05) is 57.1 Å². The van der Waals surface area contributed by atoms with E-state index in [0.29, 0.717) is 19.0 Å². The number of nitrogens with zero attached hydrogens (tertiary/aromatic N) is 6. The topological polar surface area (TPSA) is 147 Å². The number of benzene rings is 1. The van der Waals surface area contributed by atoms with Gasteiger partial charge >= 0.3 is 18.1 Å². The normalized spacial score (nSPS) is 19.4. The first-order chi connectivity index (χ1) is 18.9. The molecule has 0 unspecified atom stereocenters. The fourth-order valence-electron chi connectivity index (χ4n) is 4.83. The van der Waals surface area contributed by atoms with Crippen molar-refractivity contribution in [3.05, 3.63) is 41.6 Å². The Balaban J connectivity index is 1.52. The van der Waals surface area contributed by atoms with E-state index in [1.807, 2.05) is 42.3 Å². The maximum absolute atomic E-state index is 12.9. The maximum atomic E-state index is 12.9. The summed E-state index contributed by atoms with van der Waals surface area (Å²) in [7, 11) is 2.04. The second-order valence-corrected chi connectivity index (χ2v) is 9.60. The van der Waals surface area contributed by atoms with Crippen LogP contribution in [0.25, 0.3) is 0 Å². The van der Waals surface area contributed by atoms with Crippen molar-refractivity contribution < 1.29 is 23.8 Å². The Kier molecular flexibility index (Phi) is 9.38. The summed E-state index contributed by atoms with van der Waals surface area (Å²) >= 11 is 0. The molecular formula is C27H35N7O5. The van der Waals surface area contributed by atoms with E-state index in [0.717, 1.165) is 24.9 Å². The lowest BCUT2D eigenvalue weighted by molar-refractivity contribution is 0.0518. The fourth-order valence-corrected chi connectivity index (χ4v) is 4.83. The lowest BCUT2D eigenvalue weighted by Gasteiger charge is -2.40. The van der Waals surface area contributed by atoms with Gasteiger partial charge in [0.05, 0.1) is 25.1 Å². The Hall–Kier alpha value is -4.11. The van der Waals surface area contributed by atoms with Crippen molar-refractivity contribution in [2.24, 2.45) is 0 Å². The van der Waals surface area contributed by atoms with Crippen LogP contribution in [0.3, 0.4) is 0 Å². The summed E-state index contributed by atoms with van der Waals surface area (Å²) in [5.41, 5.74) is 7.25. The molecule has 1 aromatic heterocycles. The zero-order chi connectivity index (χ0) is 27.8. The van der Waals surface area contributed by atoms with Crippen molar-refractivity contribution in [1.82, 2.24) is 19.8 Å². The van der Waals surface area contributed by atoms with E-state index in [1.165, 1.54) is 0 Å². The van der Waals surface area contributed by atoms with E-state index in [2.05, 4.69) is 20.9 Å². The van der Waals surface area contributed by atoms with Crippen LogP contribution in [0.5, 0.6) is 6.01 Å². The van der Waals surface area contributed by atoms with Crippen LogP contribution in [-0.4, -0.2) is 90.4 Å². The molecule has 1 aromatic carbocycles. The molecule has 1 amide bonds. The Bertz CT molecular complexity index is 1190. The number of ether oxygens (including phenoxy) is 3. The van der Waals surface area contributed by atoms with Crippen LogP contribution < -0.4 is 15.4 Å². The summed E-state index contributed by atoms with van der Waals surface area (Å²) in [6.07, 6.45) is 1.68. The molecule has 2 atom stereocenters. The molecule has 208 valence electrons. The van der Waals surface area contributed by atoms with Crippen molar-refractivity contribution in [3.63, 3.8) is 0 Å². The number of nitrogen functional groups attached to an aromatic ring is 1. The van der Waals surface area contributed by atoms with E-state index in [4.69, 9.17) is 19.9 Å². The molecule has 12 nitrogen and oxygen atoms in total. The molecule has 2 fully saturated rings. The van der Waals surface area contributed by atoms with Gasteiger partial charge in [-0.3, -0.25) is 0 Å². The van der Waals surface area contributed by atoms with Crippen molar-refractivity contribution >= 4 is 23.6 Å². The predicted octanol–water partition coefficient (Wildman–Crippen LogP) is 2.45. The first-order valence-corrected chi connectivity index (χ1v) is 13.2. The number of piperazine rings is 1. The highest BCUT2D eigenvalue weighted by Gasteiger charge is 2.34. The molecule has 2 aliphatic heterocycles. The zero-order valence-corrected chi connectivity index (χ0v) is 22.4. The number of nitrogens with two attached hydrogens (primary N) is 1. The molecule has 2 aromatic rings. The minimum atomic E-state index is -0.668. The van der Waals surface area contributed by atoms with Gasteiger partial charge in [0, 0.05) is 25.7 Å². The van der Waals surface area contributed by atoms with Crippen molar-refractivity contribution in [1.29, 1.82) is 5.26 Å². The molecule has 3 heterocycles. The number of carbonyl (C=O) groups is 2. The molecule has 0 bridgehead atoms. The van der Waals surface area contributed by atoms with Gasteiger partial charge in [0.1, 0.15) is 18.9 Å². The van der Waals surface area contributed by atoms with E-state index in [9.17, 15) is 14.9 Å². The Morgan fingerprint density at radius 3 is 2.62 bits per heavy atom. The van der Waals surface area contributed by atoms with Crippen LogP contribution in [0, 0.1) is 11.3 Å². The number of likely N-dealkylation sites (N-methyl/N-ethyl adjacent to an activating group) is 1. The number of hydrogen-bond acceptors (Lipinski definition) is 11. The van der Waals surface area contributed by atoms with Gasteiger partial charge in [-0.25, -0.2) is 9.59 Å². The number of rotatable bonds is 9. The molecule has 2 N–H and O–H groups in total. The number of carbonyl (C=O) groups excluding carboxylic acids is 2. The van der Waals surface area contributed by atoms with Gasteiger partial charge < -0.3 is 34.6 Å². The smallest absolute Gasteiger partial charge is 0.410 e. The summed E-state index contributed by atoms with van der Waals surface area (Å²) < 4.78 is 16.6. The van der Waals surface area contributed by atoms with Gasteiger partial charge in [0.15, 0.2) is 11.5 Å². The summed E-state index contributed by atoms with van der Waals surface area (Å²) in [5, 5.41) is 9.47. The van der Waals surface area contributed by atoms with Gasteiger partial charge in [-0.05, 0) is 38.9 Å². The monoisotopic (exact) mass is 537 g/mol. The lowest BCUT2D eigenvalue weighted by atomic mass is 10.1. The first kappa shape index (κ1) is 27.9. The Morgan fingerprint density at radius 1 is 1.13 bits per heavy atom. The minimum absolute atomic E-state index is 0.0316. The van der Waals surface area contributed by atoms with Crippen LogP contribution in [0.2, 0.25) is 0 Å². The molecule has 4 rings (SSSR count). The number of hydrogen-bond donors (Lipinski definition) is 1. The second kappa shape index (κ2) is 13.1.